The van der Waals surface area contributed by atoms with Crippen molar-refractivity contribution in [2.45, 2.75) is 36.9 Å². The summed E-state index contributed by atoms with van der Waals surface area (Å²) >= 11 is 5.61. The lowest BCUT2D eigenvalue weighted by Gasteiger charge is -2.19. The number of rotatable bonds is 5. The normalized spacial score (nSPS) is 20.6. The van der Waals surface area contributed by atoms with Gasteiger partial charge in [0.15, 0.2) is 0 Å². The first-order valence-electron chi connectivity index (χ1n) is 7.92. The van der Waals surface area contributed by atoms with Gasteiger partial charge in [0.2, 0.25) is 10.0 Å². The van der Waals surface area contributed by atoms with Crippen LogP contribution in [0.1, 0.15) is 36.3 Å². The molecule has 0 bridgehead atoms. The van der Waals surface area contributed by atoms with E-state index in [9.17, 15) is 21.6 Å². The van der Waals surface area contributed by atoms with Gasteiger partial charge in [-0.05, 0) is 42.7 Å². The van der Waals surface area contributed by atoms with E-state index in [1.165, 1.54) is 7.05 Å². The molecule has 4 nitrogen and oxygen atoms in total. The van der Waals surface area contributed by atoms with E-state index >= 15 is 0 Å². The fourth-order valence-electron chi connectivity index (χ4n) is 2.82. The summed E-state index contributed by atoms with van der Waals surface area (Å²) in [5.41, 5.74) is -1.29. The Morgan fingerprint density at radius 2 is 1.92 bits per heavy atom. The van der Waals surface area contributed by atoms with E-state index in [0.717, 1.165) is 28.6 Å². The zero-order valence-corrected chi connectivity index (χ0v) is 15.6. The highest BCUT2D eigenvalue weighted by Gasteiger charge is 2.39. The molecule has 1 fully saturated rings. The molecule has 3 rings (SSSR count). The van der Waals surface area contributed by atoms with Gasteiger partial charge in [-0.1, -0.05) is 18.5 Å². The zero-order valence-electron chi connectivity index (χ0n) is 14.0. The van der Waals surface area contributed by atoms with E-state index in [1.54, 1.807) is 12.1 Å². The Morgan fingerprint density at radius 1 is 1.27 bits per heavy atom. The average molecular weight is 408 g/mol. The Morgan fingerprint density at radius 3 is 2.50 bits per heavy atom. The molecule has 9 heteroatoms. The van der Waals surface area contributed by atoms with E-state index in [0.29, 0.717) is 23.7 Å². The van der Waals surface area contributed by atoms with Gasteiger partial charge in [0, 0.05) is 18.0 Å². The van der Waals surface area contributed by atoms with Gasteiger partial charge in [-0.25, -0.2) is 8.42 Å². The Labute approximate surface area is 154 Å². The molecule has 0 aliphatic heterocycles. The third kappa shape index (κ3) is 3.77. The minimum atomic E-state index is -4.84. The minimum absolute atomic E-state index is 0.163. The summed E-state index contributed by atoms with van der Waals surface area (Å²) < 4.78 is 71.5. The SMILES string of the molecule is C[C@H]1C[C@@H]1c1ccc(CN(C)S(=O)(=O)c2ccc(Cl)cc2C(F)(F)F)o1. The van der Waals surface area contributed by atoms with Gasteiger partial charge in [-0.15, -0.1) is 0 Å². The topological polar surface area (TPSA) is 50.5 Å². The summed E-state index contributed by atoms with van der Waals surface area (Å²) in [5, 5.41) is -0.187. The van der Waals surface area contributed by atoms with Crippen LogP contribution in [0.15, 0.2) is 39.6 Å². The fourth-order valence-corrected chi connectivity index (χ4v) is 4.32. The summed E-state index contributed by atoms with van der Waals surface area (Å²) in [6.45, 7) is 1.92. The van der Waals surface area contributed by atoms with Crippen molar-refractivity contribution in [2.24, 2.45) is 5.92 Å². The second-order valence-electron chi connectivity index (χ2n) is 6.52. The van der Waals surface area contributed by atoms with Gasteiger partial charge >= 0.3 is 6.18 Å². The molecule has 2 atom stereocenters. The average Bonchev–Trinajstić information content (AvgIpc) is 3.08. The first kappa shape index (κ1) is 19.3. The number of benzene rings is 1. The monoisotopic (exact) mass is 407 g/mol. The minimum Gasteiger partial charge on any atom is -0.464 e. The maximum absolute atomic E-state index is 13.2. The number of furan rings is 1. The summed E-state index contributed by atoms with van der Waals surface area (Å²) in [6, 6.07) is 6.04. The third-order valence-corrected chi connectivity index (χ3v) is 6.57. The maximum Gasteiger partial charge on any atom is 0.417 e. The van der Waals surface area contributed by atoms with Gasteiger partial charge < -0.3 is 4.42 Å². The van der Waals surface area contributed by atoms with Gasteiger partial charge in [0.25, 0.3) is 0 Å². The molecule has 1 aliphatic rings. The third-order valence-electron chi connectivity index (χ3n) is 4.47. The molecule has 2 aromatic rings. The van der Waals surface area contributed by atoms with Crippen LogP contribution in [0, 0.1) is 5.92 Å². The lowest BCUT2D eigenvalue weighted by atomic mass is 10.2. The number of sulfonamides is 1. The Bertz CT molecular complexity index is 924. The van der Waals surface area contributed by atoms with Crippen LogP contribution in [-0.2, 0) is 22.7 Å². The molecular weight excluding hydrogens is 391 g/mol. The van der Waals surface area contributed by atoms with Crippen molar-refractivity contribution in [1.29, 1.82) is 0 Å². The van der Waals surface area contributed by atoms with Crippen LogP contribution in [0.3, 0.4) is 0 Å². The number of hydrogen-bond donors (Lipinski definition) is 0. The van der Waals surface area contributed by atoms with E-state index < -0.39 is 26.7 Å². The molecule has 1 aliphatic carbocycles. The number of halogens is 4. The summed E-state index contributed by atoms with van der Waals surface area (Å²) in [6.07, 6.45) is -3.82. The first-order valence-corrected chi connectivity index (χ1v) is 9.73. The molecular formula is C17H17ClF3NO3S. The quantitative estimate of drug-likeness (QED) is 0.708. The molecule has 0 unspecified atom stereocenters. The zero-order chi connectivity index (χ0) is 19.3. The highest BCUT2D eigenvalue weighted by atomic mass is 35.5. The van der Waals surface area contributed by atoms with Crippen LogP contribution in [0.4, 0.5) is 13.2 Å². The second kappa shape index (κ2) is 6.58. The van der Waals surface area contributed by atoms with Crippen LogP contribution in [0.2, 0.25) is 5.02 Å². The maximum atomic E-state index is 13.2. The predicted molar refractivity (Wildman–Crippen MR) is 90.3 cm³/mol. The molecule has 0 saturated heterocycles. The summed E-state index contributed by atoms with van der Waals surface area (Å²) in [7, 11) is -3.16. The molecule has 0 radical (unpaired) electrons. The van der Waals surface area contributed by atoms with Crippen molar-refractivity contribution in [3.63, 3.8) is 0 Å². The summed E-state index contributed by atoms with van der Waals surface area (Å²) in [4.78, 5) is -0.834. The van der Waals surface area contributed by atoms with E-state index in [-0.39, 0.29) is 11.6 Å². The van der Waals surface area contributed by atoms with Crippen molar-refractivity contribution in [1.82, 2.24) is 4.31 Å². The lowest BCUT2D eigenvalue weighted by molar-refractivity contribution is -0.139. The number of nitrogens with zero attached hydrogens (tertiary/aromatic N) is 1. The van der Waals surface area contributed by atoms with Crippen molar-refractivity contribution < 1.29 is 26.0 Å². The molecule has 1 aromatic carbocycles. The fraction of sp³-hybridized carbons (Fsp3) is 0.412. The molecule has 1 aromatic heterocycles. The summed E-state index contributed by atoms with van der Waals surface area (Å²) in [5.74, 6) is 2.02. The van der Waals surface area contributed by atoms with Crippen LogP contribution in [0.25, 0.3) is 0 Å². The smallest absolute Gasteiger partial charge is 0.417 e. The molecule has 1 saturated carbocycles. The van der Waals surface area contributed by atoms with Crippen molar-refractivity contribution in [3.05, 3.63) is 52.4 Å². The largest absolute Gasteiger partial charge is 0.464 e. The molecule has 26 heavy (non-hydrogen) atoms. The van der Waals surface area contributed by atoms with E-state index in [4.69, 9.17) is 16.0 Å². The van der Waals surface area contributed by atoms with Gasteiger partial charge in [0.1, 0.15) is 11.5 Å². The molecule has 1 heterocycles. The molecule has 0 spiro atoms. The predicted octanol–water partition coefficient (Wildman–Crippen LogP) is 4.90. The second-order valence-corrected chi connectivity index (χ2v) is 8.97. The highest BCUT2D eigenvalue weighted by molar-refractivity contribution is 7.89. The Balaban J connectivity index is 1.87. The van der Waals surface area contributed by atoms with Crippen LogP contribution in [0.5, 0.6) is 0 Å². The van der Waals surface area contributed by atoms with Crippen molar-refractivity contribution >= 4 is 21.6 Å². The van der Waals surface area contributed by atoms with E-state index in [2.05, 4.69) is 6.92 Å². The van der Waals surface area contributed by atoms with Gasteiger partial charge in [-0.3, -0.25) is 0 Å². The van der Waals surface area contributed by atoms with Crippen molar-refractivity contribution in [2.75, 3.05) is 7.05 Å². The molecule has 0 N–H and O–H groups in total. The van der Waals surface area contributed by atoms with Crippen LogP contribution < -0.4 is 0 Å². The lowest BCUT2D eigenvalue weighted by Crippen LogP contribution is -2.28. The van der Waals surface area contributed by atoms with Crippen LogP contribution >= 0.6 is 11.6 Å². The molecule has 0 amide bonds. The van der Waals surface area contributed by atoms with Gasteiger partial charge in [-0.2, -0.15) is 17.5 Å². The first-order chi connectivity index (χ1) is 12.0. The number of hydrogen-bond acceptors (Lipinski definition) is 3. The van der Waals surface area contributed by atoms with Crippen molar-refractivity contribution in [3.8, 4) is 0 Å². The van der Waals surface area contributed by atoms with Crippen LogP contribution in [-0.4, -0.2) is 19.8 Å². The Kier molecular flexibility index (Phi) is 4.87. The Hall–Kier alpha value is -1.51. The van der Waals surface area contributed by atoms with E-state index in [1.807, 2.05) is 0 Å². The number of alkyl halides is 3. The molecule has 142 valence electrons. The standard InChI is InChI=1S/C17H17ClF3NO3S/c1-10-7-13(10)15-5-4-12(25-15)9-22(2)26(23,24)16-6-3-11(18)8-14(16)17(19,20)21/h3-6,8,10,13H,7,9H2,1-2H3/t10-,13-/m0/s1. The van der Waals surface area contributed by atoms with Gasteiger partial charge in [0.05, 0.1) is 17.0 Å². The highest BCUT2D eigenvalue weighted by Crippen LogP contribution is 2.47.